The van der Waals surface area contributed by atoms with Crippen molar-refractivity contribution in [3.05, 3.63) is 18.3 Å². The van der Waals surface area contributed by atoms with Gasteiger partial charge in [0.15, 0.2) is 0 Å². The lowest BCUT2D eigenvalue weighted by atomic mass is 10.3. The Hall–Kier alpha value is -1.29. The van der Waals surface area contributed by atoms with Crippen molar-refractivity contribution in [1.82, 2.24) is 10.3 Å². The van der Waals surface area contributed by atoms with Crippen molar-refractivity contribution < 1.29 is 4.74 Å². The Morgan fingerprint density at radius 3 is 2.93 bits per heavy atom. The number of nitrogens with zero attached hydrogens (tertiary/aromatic N) is 2. The van der Waals surface area contributed by atoms with Crippen LogP contribution in [0.25, 0.3) is 0 Å². The van der Waals surface area contributed by atoms with E-state index in [1.807, 2.05) is 19.2 Å². The van der Waals surface area contributed by atoms with E-state index in [1.54, 1.807) is 13.3 Å². The Labute approximate surface area is 90.3 Å². The molecule has 1 fully saturated rings. The first kappa shape index (κ1) is 10.2. The predicted octanol–water partition coefficient (Wildman–Crippen LogP) is 0.888. The summed E-state index contributed by atoms with van der Waals surface area (Å²) < 4.78 is 5.08. The molecule has 1 aromatic rings. The van der Waals surface area contributed by atoms with Gasteiger partial charge in [-0.1, -0.05) is 0 Å². The van der Waals surface area contributed by atoms with Gasteiger partial charge in [0.25, 0.3) is 0 Å². The van der Waals surface area contributed by atoms with Crippen LogP contribution in [0.4, 0.5) is 5.82 Å². The summed E-state index contributed by atoms with van der Waals surface area (Å²) in [7, 11) is 3.67. The highest BCUT2D eigenvalue weighted by Crippen LogP contribution is 2.19. The molecule has 1 saturated heterocycles. The summed E-state index contributed by atoms with van der Waals surface area (Å²) in [5.41, 5.74) is 0. The molecule has 1 aliphatic heterocycles. The van der Waals surface area contributed by atoms with Crippen LogP contribution < -0.4 is 15.0 Å². The number of ether oxygens (including phenoxy) is 1. The minimum absolute atomic E-state index is 0.592. The van der Waals surface area contributed by atoms with E-state index < -0.39 is 0 Å². The quantitative estimate of drug-likeness (QED) is 0.798. The van der Waals surface area contributed by atoms with Gasteiger partial charge in [-0.3, -0.25) is 0 Å². The van der Waals surface area contributed by atoms with Gasteiger partial charge in [0.2, 0.25) is 0 Å². The molecule has 2 rings (SSSR count). The molecule has 0 saturated carbocycles. The standard InChI is InChI=1S/C11H17N3O/c1-12-9-5-6-14(8-9)11-4-3-10(15-2)7-13-11/h3-4,7,9,12H,5-6,8H2,1-2H3. The molecule has 2 heterocycles. The highest BCUT2D eigenvalue weighted by atomic mass is 16.5. The van der Waals surface area contributed by atoms with Gasteiger partial charge >= 0.3 is 0 Å². The average molecular weight is 207 g/mol. The van der Waals surface area contributed by atoms with Gasteiger partial charge in [0, 0.05) is 19.1 Å². The van der Waals surface area contributed by atoms with Gasteiger partial charge in [-0.15, -0.1) is 0 Å². The summed E-state index contributed by atoms with van der Waals surface area (Å²) in [5.74, 6) is 1.84. The Kier molecular flexibility index (Phi) is 3.06. The second-order valence-electron chi connectivity index (χ2n) is 3.78. The maximum atomic E-state index is 5.08. The number of methoxy groups -OCH3 is 1. The lowest BCUT2D eigenvalue weighted by molar-refractivity contribution is 0.413. The third kappa shape index (κ3) is 2.21. The third-order valence-electron chi connectivity index (χ3n) is 2.88. The summed E-state index contributed by atoms with van der Waals surface area (Å²) in [4.78, 5) is 6.67. The van der Waals surface area contributed by atoms with Crippen molar-refractivity contribution in [1.29, 1.82) is 0 Å². The molecular weight excluding hydrogens is 190 g/mol. The van der Waals surface area contributed by atoms with Crippen LogP contribution in [-0.2, 0) is 0 Å². The van der Waals surface area contributed by atoms with Crippen LogP contribution in [0.2, 0.25) is 0 Å². The summed E-state index contributed by atoms with van der Waals surface area (Å²) in [6, 6.07) is 4.56. The molecule has 0 radical (unpaired) electrons. The summed E-state index contributed by atoms with van der Waals surface area (Å²) in [6.45, 7) is 2.11. The molecule has 1 atom stereocenters. The number of hydrogen-bond acceptors (Lipinski definition) is 4. The number of likely N-dealkylation sites (N-methyl/N-ethyl adjacent to an activating group) is 1. The highest BCUT2D eigenvalue weighted by molar-refractivity contribution is 5.42. The fourth-order valence-corrected chi connectivity index (χ4v) is 1.88. The highest BCUT2D eigenvalue weighted by Gasteiger charge is 2.21. The van der Waals surface area contributed by atoms with E-state index in [4.69, 9.17) is 4.74 Å². The molecule has 1 aliphatic rings. The van der Waals surface area contributed by atoms with Crippen molar-refractivity contribution in [2.24, 2.45) is 0 Å². The molecule has 0 amide bonds. The number of nitrogens with one attached hydrogen (secondary N) is 1. The molecule has 0 aliphatic carbocycles. The van der Waals surface area contributed by atoms with Crippen LogP contribution in [0.1, 0.15) is 6.42 Å². The Bertz CT molecular complexity index is 312. The number of pyridine rings is 1. The van der Waals surface area contributed by atoms with Gasteiger partial charge in [-0.05, 0) is 25.6 Å². The number of rotatable bonds is 3. The zero-order valence-electron chi connectivity index (χ0n) is 9.23. The predicted molar refractivity (Wildman–Crippen MR) is 60.5 cm³/mol. The van der Waals surface area contributed by atoms with Gasteiger partial charge in [-0.2, -0.15) is 0 Å². The lowest BCUT2D eigenvalue weighted by Crippen LogP contribution is -2.29. The van der Waals surface area contributed by atoms with E-state index in [-0.39, 0.29) is 0 Å². The fraction of sp³-hybridized carbons (Fsp3) is 0.545. The zero-order valence-corrected chi connectivity index (χ0v) is 9.23. The molecule has 1 unspecified atom stereocenters. The van der Waals surface area contributed by atoms with Crippen LogP contribution in [0, 0.1) is 0 Å². The van der Waals surface area contributed by atoms with E-state index in [2.05, 4.69) is 15.2 Å². The van der Waals surface area contributed by atoms with Crippen molar-refractivity contribution >= 4 is 5.82 Å². The van der Waals surface area contributed by atoms with Gasteiger partial charge in [-0.25, -0.2) is 4.98 Å². The van der Waals surface area contributed by atoms with E-state index in [0.717, 1.165) is 24.7 Å². The average Bonchev–Trinajstić information content (AvgIpc) is 2.78. The smallest absolute Gasteiger partial charge is 0.137 e. The summed E-state index contributed by atoms with van der Waals surface area (Å²) in [5, 5.41) is 3.29. The van der Waals surface area contributed by atoms with Crippen LogP contribution in [0.15, 0.2) is 18.3 Å². The van der Waals surface area contributed by atoms with Crippen LogP contribution in [-0.4, -0.2) is 38.3 Å². The molecule has 0 bridgehead atoms. The lowest BCUT2D eigenvalue weighted by Gasteiger charge is -2.17. The minimum atomic E-state index is 0.592. The summed E-state index contributed by atoms with van der Waals surface area (Å²) in [6.07, 6.45) is 2.95. The molecule has 15 heavy (non-hydrogen) atoms. The number of aromatic nitrogens is 1. The van der Waals surface area contributed by atoms with Crippen molar-refractivity contribution in [3.63, 3.8) is 0 Å². The Morgan fingerprint density at radius 2 is 2.40 bits per heavy atom. The maximum absolute atomic E-state index is 5.08. The van der Waals surface area contributed by atoms with E-state index in [1.165, 1.54) is 6.42 Å². The normalized spacial score (nSPS) is 20.7. The molecule has 0 aromatic carbocycles. The summed E-state index contributed by atoms with van der Waals surface area (Å²) >= 11 is 0. The van der Waals surface area contributed by atoms with Crippen LogP contribution in [0.3, 0.4) is 0 Å². The maximum Gasteiger partial charge on any atom is 0.137 e. The van der Waals surface area contributed by atoms with Gasteiger partial charge < -0.3 is 15.0 Å². The number of anilines is 1. The first-order chi connectivity index (χ1) is 7.33. The van der Waals surface area contributed by atoms with Crippen LogP contribution in [0.5, 0.6) is 5.75 Å². The van der Waals surface area contributed by atoms with Gasteiger partial charge in [0.05, 0.1) is 13.3 Å². The topological polar surface area (TPSA) is 37.4 Å². The van der Waals surface area contributed by atoms with Crippen molar-refractivity contribution in [3.8, 4) is 5.75 Å². The number of hydrogen-bond donors (Lipinski definition) is 1. The van der Waals surface area contributed by atoms with Crippen molar-refractivity contribution in [2.75, 3.05) is 32.1 Å². The fourth-order valence-electron chi connectivity index (χ4n) is 1.88. The first-order valence-electron chi connectivity index (χ1n) is 5.25. The SMILES string of the molecule is CNC1CCN(c2ccc(OC)cn2)C1. The second kappa shape index (κ2) is 4.49. The monoisotopic (exact) mass is 207 g/mol. The largest absolute Gasteiger partial charge is 0.495 e. The Balaban J connectivity index is 2.04. The zero-order chi connectivity index (χ0) is 10.7. The second-order valence-corrected chi connectivity index (χ2v) is 3.78. The van der Waals surface area contributed by atoms with Crippen molar-refractivity contribution in [2.45, 2.75) is 12.5 Å². The molecule has 1 aromatic heterocycles. The van der Waals surface area contributed by atoms with Gasteiger partial charge in [0.1, 0.15) is 11.6 Å². The van der Waals surface area contributed by atoms with E-state index >= 15 is 0 Å². The Morgan fingerprint density at radius 1 is 1.53 bits per heavy atom. The molecular formula is C11H17N3O. The molecule has 82 valence electrons. The van der Waals surface area contributed by atoms with E-state index in [9.17, 15) is 0 Å². The molecule has 4 heteroatoms. The first-order valence-corrected chi connectivity index (χ1v) is 5.25. The molecule has 4 nitrogen and oxygen atoms in total. The van der Waals surface area contributed by atoms with Crippen LogP contribution >= 0.6 is 0 Å². The molecule has 1 N–H and O–H groups in total. The third-order valence-corrected chi connectivity index (χ3v) is 2.88. The minimum Gasteiger partial charge on any atom is -0.495 e. The van der Waals surface area contributed by atoms with E-state index in [0.29, 0.717) is 6.04 Å². The molecule has 0 spiro atoms.